The summed E-state index contributed by atoms with van der Waals surface area (Å²) in [7, 11) is 1.39. The fourth-order valence-corrected chi connectivity index (χ4v) is 0.957. The van der Waals surface area contributed by atoms with Crippen LogP contribution in [0.2, 0.25) is 5.28 Å². The quantitative estimate of drug-likeness (QED) is 0.733. The number of hydrogen-bond acceptors (Lipinski definition) is 4. The second-order valence-electron chi connectivity index (χ2n) is 2.24. The number of rotatable bonds is 3. The van der Waals surface area contributed by atoms with Gasteiger partial charge in [-0.2, -0.15) is 4.98 Å². The summed E-state index contributed by atoms with van der Waals surface area (Å²) in [5.74, 6) is -0.772. The number of aliphatic carboxylic acids is 1. The van der Waals surface area contributed by atoms with Gasteiger partial charge in [-0.25, -0.2) is 4.98 Å². The predicted molar refractivity (Wildman–Crippen MR) is 44.9 cm³/mol. The van der Waals surface area contributed by atoms with Crippen molar-refractivity contribution < 1.29 is 14.6 Å². The molecule has 0 saturated carbocycles. The molecule has 1 rings (SSSR count). The van der Waals surface area contributed by atoms with E-state index in [0.717, 1.165) is 0 Å². The molecule has 1 aromatic rings. The summed E-state index contributed by atoms with van der Waals surface area (Å²) >= 11 is 5.48. The number of carboxylic acid groups (broad SMARTS) is 1. The van der Waals surface area contributed by atoms with Gasteiger partial charge in [0, 0.05) is 11.8 Å². The molecule has 0 aliphatic rings. The molecule has 0 aliphatic heterocycles. The Morgan fingerprint density at radius 1 is 1.77 bits per heavy atom. The molecule has 5 nitrogen and oxygen atoms in total. The van der Waals surface area contributed by atoms with Gasteiger partial charge in [-0.1, -0.05) is 0 Å². The molecule has 1 aromatic heterocycles. The molecule has 0 spiro atoms. The summed E-state index contributed by atoms with van der Waals surface area (Å²) in [5.41, 5.74) is 0.402. The normalized spacial score (nSPS) is 9.69. The number of halogens is 1. The molecule has 1 N–H and O–H groups in total. The van der Waals surface area contributed by atoms with Gasteiger partial charge in [-0.15, -0.1) is 0 Å². The van der Waals surface area contributed by atoms with E-state index in [1.807, 2.05) is 0 Å². The van der Waals surface area contributed by atoms with E-state index in [1.165, 1.54) is 13.3 Å². The molecule has 0 aliphatic carbocycles. The maximum Gasteiger partial charge on any atom is 0.308 e. The standard InChI is InChI=1S/C7H7ClN2O3/c1-13-6-4(2-5(11)12)3-9-7(8)10-6/h3H,2H2,1H3,(H,11,12). The van der Waals surface area contributed by atoms with E-state index in [9.17, 15) is 4.79 Å². The molecule has 0 unspecified atom stereocenters. The third-order valence-corrected chi connectivity index (χ3v) is 1.51. The zero-order valence-electron chi connectivity index (χ0n) is 6.82. The number of nitrogens with zero attached hydrogens (tertiary/aromatic N) is 2. The lowest BCUT2D eigenvalue weighted by molar-refractivity contribution is -0.136. The van der Waals surface area contributed by atoms with Crippen molar-refractivity contribution in [2.45, 2.75) is 6.42 Å². The molecule has 0 amide bonds. The van der Waals surface area contributed by atoms with E-state index in [1.54, 1.807) is 0 Å². The number of carbonyl (C=O) groups is 1. The maximum absolute atomic E-state index is 10.4. The van der Waals surface area contributed by atoms with Crippen LogP contribution in [0.25, 0.3) is 0 Å². The summed E-state index contributed by atoms with van der Waals surface area (Å²) in [6.45, 7) is 0. The average molecular weight is 203 g/mol. The predicted octanol–water partition coefficient (Wildman–Crippen LogP) is 0.766. The monoisotopic (exact) mass is 202 g/mol. The van der Waals surface area contributed by atoms with Gasteiger partial charge in [0.05, 0.1) is 13.5 Å². The van der Waals surface area contributed by atoms with E-state index in [2.05, 4.69) is 9.97 Å². The molecule has 0 saturated heterocycles. The fraction of sp³-hybridized carbons (Fsp3) is 0.286. The van der Waals surface area contributed by atoms with Gasteiger partial charge in [0.15, 0.2) is 0 Å². The average Bonchev–Trinajstić information content (AvgIpc) is 2.07. The molecular formula is C7H7ClN2O3. The molecule has 0 bridgehead atoms. The van der Waals surface area contributed by atoms with Gasteiger partial charge in [0.25, 0.3) is 0 Å². The maximum atomic E-state index is 10.4. The van der Waals surface area contributed by atoms with Gasteiger partial charge in [-0.05, 0) is 11.6 Å². The number of aromatic nitrogens is 2. The minimum absolute atomic E-state index is 0.0333. The molecular weight excluding hydrogens is 196 g/mol. The van der Waals surface area contributed by atoms with Crippen LogP contribution in [-0.2, 0) is 11.2 Å². The first-order valence-corrected chi connectivity index (χ1v) is 3.78. The van der Waals surface area contributed by atoms with Gasteiger partial charge < -0.3 is 9.84 Å². The second kappa shape index (κ2) is 4.04. The first-order valence-electron chi connectivity index (χ1n) is 3.40. The third-order valence-electron chi connectivity index (χ3n) is 1.33. The molecule has 70 valence electrons. The van der Waals surface area contributed by atoms with Crippen molar-refractivity contribution in [3.63, 3.8) is 0 Å². The highest BCUT2D eigenvalue weighted by Gasteiger charge is 2.09. The van der Waals surface area contributed by atoms with Crippen molar-refractivity contribution in [2.24, 2.45) is 0 Å². The SMILES string of the molecule is COc1nc(Cl)ncc1CC(=O)O. The van der Waals surface area contributed by atoms with Crippen LogP contribution in [0.1, 0.15) is 5.56 Å². The molecule has 6 heteroatoms. The van der Waals surface area contributed by atoms with E-state index in [-0.39, 0.29) is 17.6 Å². The number of methoxy groups -OCH3 is 1. The highest BCUT2D eigenvalue weighted by molar-refractivity contribution is 6.28. The lowest BCUT2D eigenvalue weighted by Crippen LogP contribution is -2.04. The smallest absolute Gasteiger partial charge is 0.308 e. The van der Waals surface area contributed by atoms with E-state index in [0.29, 0.717) is 5.56 Å². The zero-order chi connectivity index (χ0) is 9.84. The minimum Gasteiger partial charge on any atom is -0.481 e. The molecule has 0 aromatic carbocycles. The van der Waals surface area contributed by atoms with Crippen molar-refractivity contribution in [2.75, 3.05) is 7.11 Å². The van der Waals surface area contributed by atoms with Crippen LogP contribution in [0.3, 0.4) is 0 Å². The molecule has 0 radical (unpaired) electrons. The Hall–Kier alpha value is -1.36. The van der Waals surface area contributed by atoms with Gasteiger partial charge >= 0.3 is 5.97 Å². The van der Waals surface area contributed by atoms with Crippen LogP contribution in [0, 0.1) is 0 Å². The van der Waals surface area contributed by atoms with Crippen molar-refractivity contribution in [3.8, 4) is 5.88 Å². The van der Waals surface area contributed by atoms with Crippen LogP contribution in [0.15, 0.2) is 6.20 Å². The summed E-state index contributed by atoms with van der Waals surface area (Å²) < 4.78 is 4.83. The lowest BCUT2D eigenvalue weighted by atomic mass is 10.2. The van der Waals surface area contributed by atoms with Crippen LogP contribution >= 0.6 is 11.6 Å². The van der Waals surface area contributed by atoms with E-state index in [4.69, 9.17) is 21.4 Å². The topological polar surface area (TPSA) is 72.3 Å². The third kappa shape index (κ3) is 2.55. The van der Waals surface area contributed by atoms with Crippen LogP contribution in [-0.4, -0.2) is 28.2 Å². The second-order valence-corrected chi connectivity index (χ2v) is 2.58. The van der Waals surface area contributed by atoms with Crippen LogP contribution < -0.4 is 4.74 Å². The number of ether oxygens (including phenoxy) is 1. The first kappa shape index (κ1) is 9.73. The Labute approximate surface area is 79.3 Å². The van der Waals surface area contributed by atoms with Crippen molar-refractivity contribution in [1.82, 2.24) is 9.97 Å². The zero-order valence-corrected chi connectivity index (χ0v) is 7.58. The van der Waals surface area contributed by atoms with Crippen LogP contribution in [0.5, 0.6) is 5.88 Å². The van der Waals surface area contributed by atoms with Gasteiger partial charge in [0.1, 0.15) is 0 Å². The molecule has 13 heavy (non-hydrogen) atoms. The van der Waals surface area contributed by atoms with Gasteiger partial charge in [0.2, 0.25) is 11.2 Å². The highest BCUT2D eigenvalue weighted by Crippen LogP contribution is 2.16. The Morgan fingerprint density at radius 3 is 3.00 bits per heavy atom. The fourth-order valence-electron chi connectivity index (χ4n) is 0.832. The number of carboxylic acids is 1. The first-order chi connectivity index (χ1) is 6.13. The summed E-state index contributed by atoms with van der Waals surface area (Å²) in [6, 6.07) is 0. The Morgan fingerprint density at radius 2 is 2.46 bits per heavy atom. The summed E-state index contributed by atoms with van der Waals surface area (Å²) in [5, 5.41) is 8.55. The van der Waals surface area contributed by atoms with Gasteiger partial charge in [-0.3, -0.25) is 4.79 Å². The van der Waals surface area contributed by atoms with E-state index < -0.39 is 5.97 Å². The summed E-state index contributed by atoms with van der Waals surface area (Å²) in [6.07, 6.45) is 1.16. The lowest BCUT2D eigenvalue weighted by Gasteiger charge is -2.03. The summed E-state index contributed by atoms with van der Waals surface area (Å²) in [4.78, 5) is 17.7. The van der Waals surface area contributed by atoms with Crippen molar-refractivity contribution >= 4 is 17.6 Å². The Kier molecular flexibility index (Phi) is 3.02. The van der Waals surface area contributed by atoms with Crippen molar-refractivity contribution in [1.29, 1.82) is 0 Å². The van der Waals surface area contributed by atoms with E-state index >= 15 is 0 Å². The van der Waals surface area contributed by atoms with Crippen molar-refractivity contribution in [3.05, 3.63) is 17.0 Å². The Balaban J connectivity index is 2.99. The molecule has 0 fully saturated rings. The minimum atomic E-state index is -0.968. The largest absolute Gasteiger partial charge is 0.481 e. The highest BCUT2D eigenvalue weighted by atomic mass is 35.5. The molecule has 1 heterocycles. The van der Waals surface area contributed by atoms with Crippen LogP contribution in [0.4, 0.5) is 0 Å². The number of hydrogen-bond donors (Lipinski definition) is 1. The molecule has 0 atom stereocenters. The Bertz CT molecular complexity index is 330.